The van der Waals surface area contributed by atoms with E-state index in [1.165, 1.54) is 18.2 Å². The van der Waals surface area contributed by atoms with Crippen LogP contribution in [0, 0.1) is 17.1 Å². The lowest BCUT2D eigenvalue weighted by atomic mass is 10.1. The number of ether oxygens (including phenoxy) is 1. The maximum absolute atomic E-state index is 14.0. The van der Waals surface area contributed by atoms with Crippen molar-refractivity contribution in [3.8, 4) is 6.07 Å². The standard InChI is InChI=1S/C20H29FN6O2/c1-3-23-20(25-14-17-12-16(13-22)4-5-18(17)21)27-9-7-26(8-10-27)15-19(28)24-6-11-29-2/h4-5,12H,3,6-11,14-15H2,1-2H3,(H,23,25)(H,24,28). The Morgan fingerprint density at radius 2 is 2.07 bits per heavy atom. The van der Waals surface area contributed by atoms with Crippen LogP contribution in [0.2, 0.25) is 0 Å². The Kier molecular flexibility index (Phi) is 9.34. The second-order valence-corrected chi connectivity index (χ2v) is 6.69. The number of nitriles is 1. The molecule has 1 aliphatic rings. The van der Waals surface area contributed by atoms with Crippen molar-refractivity contribution >= 4 is 11.9 Å². The van der Waals surface area contributed by atoms with Crippen molar-refractivity contribution in [3.63, 3.8) is 0 Å². The fourth-order valence-corrected chi connectivity index (χ4v) is 3.02. The van der Waals surface area contributed by atoms with Crippen LogP contribution >= 0.6 is 0 Å². The number of piperazine rings is 1. The molecule has 1 aromatic rings. The molecule has 1 fully saturated rings. The van der Waals surface area contributed by atoms with E-state index in [4.69, 9.17) is 10.00 Å². The number of halogens is 1. The molecule has 8 nitrogen and oxygen atoms in total. The van der Waals surface area contributed by atoms with Crippen LogP contribution in [0.15, 0.2) is 23.2 Å². The van der Waals surface area contributed by atoms with E-state index in [9.17, 15) is 9.18 Å². The van der Waals surface area contributed by atoms with Crippen molar-refractivity contribution in [1.82, 2.24) is 20.4 Å². The van der Waals surface area contributed by atoms with Crippen LogP contribution in [0.5, 0.6) is 0 Å². The summed E-state index contributed by atoms with van der Waals surface area (Å²) in [5.41, 5.74) is 0.810. The molecule has 1 amide bonds. The van der Waals surface area contributed by atoms with Crippen molar-refractivity contribution in [3.05, 3.63) is 35.1 Å². The van der Waals surface area contributed by atoms with Gasteiger partial charge in [0.1, 0.15) is 5.82 Å². The Morgan fingerprint density at radius 1 is 1.31 bits per heavy atom. The van der Waals surface area contributed by atoms with Gasteiger partial charge in [-0.2, -0.15) is 5.26 Å². The van der Waals surface area contributed by atoms with Gasteiger partial charge in [-0.3, -0.25) is 9.69 Å². The summed E-state index contributed by atoms with van der Waals surface area (Å²) in [4.78, 5) is 20.7. The highest BCUT2D eigenvalue weighted by molar-refractivity contribution is 5.80. The average Bonchev–Trinajstić information content (AvgIpc) is 2.73. The third-order valence-corrected chi connectivity index (χ3v) is 4.58. The summed E-state index contributed by atoms with van der Waals surface area (Å²) < 4.78 is 18.9. The molecule has 1 saturated heterocycles. The molecule has 0 spiro atoms. The molecular weight excluding hydrogens is 375 g/mol. The summed E-state index contributed by atoms with van der Waals surface area (Å²) >= 11 is 0. The Hall–Kier alpha value is -2.70. The molecule has 0 unspecified atom stereocenters. The van der Waals surface area contributed by atoms with E-state index in [1.807, 2.05) is 13.0 Å². The van der Waals surface area contributed by atoms with E-state index in [-0.39, 0.29) is 18.3 Å². The van der Waals surface area contributed by atoms with Gasteiger partial charge in [-0.05, 0) is 25.1 Å². The third-order valence-electron chi connectivity index (χ3n) is 4.58. The Balaban J connectivity index is 1.91. The molecular formula is C20H29FN6O2. The van der Waals surface area contributed by atoms with E-state index in [0.29, 0.717) is 43.3 Å². The zero-order chi connectivity index (χ0) is 21.1. The second kappa shape index (κ2) is 12.0. The number of aliphatic imine (C=N–C) groups is 1. The van der Waals surface area contributed by atoms with Gasteiger partial charge < -0.3 is 20.3 Å². The van der Waals surface area contributed by atoms with E-state index < -0.39 is 0 Å². The van der Waals surface area contributed by atoms with Crippen LogP contribution in [0.25, 0.3) is 0 Å². The van der Waals surface area contributed by atoms with Crippen LogP contribution in [-0.4, -0.2) is 81.2 Å². The van der Waals surface area contributed by atoms with Crippen LogP contribution in [0.1, 0.15) is 18.1 Å². The zero-order valence-corrected chi connectivity index (χ0v) is 17.1. The molecule has 0 radical (unpaired) electrons. The molecule has 158 valence electrons. The van der Waals surface area contributed by atoms with Gasteiger partial charge in [0.2, 0.25) is 5.91 Å². The number of nitrogens with one attached hydrogen (secondary N) is 2. The summed E-state index contributed by atoms with van der Waals surface area (Å²) in [6.07, 6.45) is 0. The molecule has 0 aromatic heterocycles. The van der Waals surface area contributed by atoms with Gasteiger partial charge in [-0.25, -0.2) is 9.38 Å². The molecule has 1 heterocycles. The van der Waals surface area contributed by atoms with Gasteiger partial charge in [-0.1, -0.05) is 0 Å². The quantitative estimate of drug-likeness (QED) is 0.373. The van der Waals surface area contributed by atoms with Gasteiger partial charge >= 0.3 is 0 Å². The van der Waals surface area contributed by atoms with Crippen LogP contribution in [0.4, 0.5) is 4.39 Å². The van der Waals surface area contributed by atoms with Crippen molar-refractivity contribution in [2.75, 3.05) is 59.5 Å². The smallest absolute Gasteiger partial charge is 0.234 e. The highest BCUT2D eigenvalue weighted by Gasteiger charge is 2.21. The number of guanidine groups is 1. The summed E-state index contributed by atoms with van der Waals surface area (Å²) in [6, 6.07) is 6.31. The monoisotopic (exact) mass is 404 g/mol. The third kappa shape index (κ3) is 7.33. The fraction of sp³-hybridized carbons (Fsp3) is 0.550. The first-order valence-electron chi connectivity index (χ1n) is 9.77. The van der Waals surface area contributed by atoms with Crippen molar-refractivity contribution in [2.24, 2.45) is 4.99 Å². The molecule has 9 heteroatoms. The first kappa shape index (κ1) is 22.6. The summed E-state index contributed by atoms with van der Waals surface area (Å²) in [7, 11) is 1.60. The number of methoxy groups -OCH3 is 1. The minimum absolute atomic E-state index is 0.0103. The summed E-state index contributed by atoms with van der Waals surface area (Å²) in [6.45, 7) is 7.12. The molecule has 0 bridgehead atoms. The van der Waals surface area contributed by atoms with E-state index >= 15 is 0 Å². The molecule has 0 saturated carbocycles. The van der Waals surface area contributed by atoms with E-state index in [1.54, 1.807) is 7.11 Å². The molecule has 0 atom stereocenters. The Bertz CT molecular complexity index is 741. The number of rotatable bonds is 8. The highest BCUT2D eigenvalue weighted by atomic mass is 19.1. The lowest BCUT2D eigenvalue weighted by Crippen LogP contribution is -2.54. The molecule has 2 rings (SSSR count). The number of carbonyl (C=O) groups is 1. The van der Waals surface area contributed by atoms with E-state index in [2.05, 4.69) is 25.4 Å². The van der Waals surface area contributed by atoms with Crippen LogP contribution in [-0.2, 0) is 16.1 Å². The van der Waals surface area contributed by atoms with Gasteiger partial charge in [0, 0.05) is 51.9 Å². The van der Waals surface area contributed by atoms with Crippen molar-refractivity contribution in [2.45, 2.75) is 13.5 Å². The lowest BCUT2D eigenvalue weighted by molar-refractivity contribution is -0.122. The fourth-order valence-electron chi connectivity index (χ4n) is 3.02. The maximum Gasteiger partial charge on any atom is 0.234 e. The van der Waals surface area contributed by atoms with Gasteiger partial charge in [0.25, 0.3) is 0 Å². The minimum atomic E-state index is -0.368. The predicted molar refractivity (Wildman–Crippen MR) is 109 cm³/mol. The highest BCUT2D eigenvalue weighted by Crippen LogP contribution is 2.12. The molecule has 0 aliphatic carbocycles. The SMILES string of the molecule is CCNC(=NCc1cc(C#N)ccc1F)N1CCN(CC(=O)NCCOC)CC1. The average molecular weight is 404 g/mol. The molecule has 1 aliphatic heterocycles. The molecule has 29 heavy (non-hydrogen) atoms. The number of hydrogen-bond acceptors (Lipinski definition) is 5. The summed E-state index contributed by atoms with van der Waals surface area (Å²) in [5, 5.41) is 15.1. The number of hydrogen-bond donors (Lipinski definition) is 2. The van der Waals surface area contributed by atoms with Gasteiger partial charge in [0.05, 0.1) is 31.3 Å². The second-order valence-electron chi connectivity index (χ2n) is 6.69. The number of amides is 1. The summed E-state index contributed by atoms with van der Waals surface area (Å²) in [5.74, 6) is 0.329. The van der Waals surface area contributed by atoms with Crippen LogP contribution < -0.4 is 10.6 Å². The van der Waals surface area contributed by atoms with Gasteiger partial charge in [0.15, 0.2) is 5.96 Å². The number of carbonyl (C=O) groups excluding carboxylic acids is 1. The number of benzene rings is 1. The zero-order valence-electron chi connectivity index (χ0n) is 17.1. The predicted octanol–water partition coefficient (Wildman–Crippen LogP) is 0.543. The van der Waals surface area contributed by atoms with Crippen molar-refractivity contribution in [1.29, 1.82) is 5.26 Å². The van der Waals surface area contributed by atoms with E-state index in [0.717, 1.165) is 26.2 Å². The number of nitrogens with zero attached hydrogens (tertiary/aromatic N) is 4. The Labute approximate surface area is 171 Å². The minimum Gasteiger partial charge on any atom is -0.383 e. The van der Waals surface area contributed by atoms with Crippen molar-refractivity contribution < 1.29 is 13.9 Å². The largest absolute Gasteiger partial charge is 0.383 e. The topological polar surface area (TPSA) is 93.0 Å². The first-order valence-corrected chi connectivity index (χ1v) is 9.77. The van der Waals surface area contributed by atoms with Gasteiger partial charge in [-0.15, -0.1) is 0 Å². The van der Waals surface area contributed by atoms with Crippen LogP contribution in [0.3, 0.4) is 0 Å². The Morgan fingerprint density at radius 3 is 2.72 bits per heavy atom. The normalized spacial score (nSPS) is 15.1. The molecule has 2 N–H and O–H groups in total. The lowest BCUT2D eigenvalue weighted by Gasteiger charge is -2.36. The molecule has 1 aromatic carbocycles. The maximum atomic E-state index is 14.0. The first-order chi connectivity index (χ1) is 14.1.